The summed E-state index contributed by atoms with van der Waals surface area (Å²) in [6, 6.07) is 15.6. The monoisotopic (exact) mass is 432 g/mol. The number of hydrogen-bond donors (Lipinski definition) is 1. The van der Waals surface area contributed by atoms with E-state index in [1.165, 1.54) is 4.90 Å². The van der Waals surface area contributed by atoms with Crippen molar-refractivity contribution in [2.24, 2.45) is 0 Å². The van der Waals surface area contributed by atoms with E-state index in [9.17, 15) is 19.5 Å². The van der Waals surface area contributed by atoms with Gasteiger partial charge in [-0.25, -0.2) is 4.98 Å². The SMILES string of the molecule is O=C(c1nc(CCN2C(=O)c3ccccc3C2=O)cs1)C(O)c1cc2ccccc2o1. The van der Waals surface area contributed by atoms with Crippen molar-refractivity contribution in [3.63, 3.8) is 0 Å². The van der Waals surface area contributed by atoms with E-state index in [0.717, 1.165) is 16.7 Å². The van der Waals surface area contributed by atoms with Crippen molar-refractivity contribution in [2.45, 2.75) is 12.5 Å². The molecule has 154 valence electrons. The summed E-state index contributed by atoms with van der Waals surface area (Å²) in [5.41, 5.74) is 1.96. The Labute approximate surface area is 180 Å². The molecule has 0 saturated heterocycles. The van der Waals surface area contributed by atoms with Crippen LogP contribution in [-0.2, 0) is 6.42 Å². The zero-order chi connectivity index (χ0) is 21.5. The zero-order valence-electron chi connectivity index (χ0n) is 16.1. The van der Waals surface area contributed by atoms with E-state index < -0.39 is 11.9 Å². The Balaban J connectivity index is 1.27. The fourth-order valence-corrected chi connectivity index (χ4v) is 4.40. The van der Waals surface area contributed by atoms with Crippen molar-refractivity contribution in [3.8, 4) is 0 Å². The van der Waals surface area contributed by atoms with Crippen LogP contribution in [0.4, 0.5) is 0 Å². The molecule has 0 radical (unpaired) electrons. The van der Waals surface area contributed by atoms with Crippen molar-refractivity contribution >= 4 is 39.9 Å². The van der Waals surface area contributed by atoms with Crippen LogP contribution in [0.25, 0.3) is 11.0 Å². The Morgan fingerprint density at radius 3 is 2.45 bits per heavy atom. The predicted octanol–water partition coefficient (Wildman–Crippen LogP) is 3.64. The predicted molar refractivity (Wildman–Crippen MR) is 113 cm³/mol. The van der Waals surface area contributed by atoms with Gasteiger partial charge in [-0.3, -0.25) is 19.3 Å². The molecule has 31 heavy (non-hydrogen) atoms. The molecule has 1 N–H and O–H groups in total. The number of imide groups is 1. The summed E-state index contributed by atoms with van der Waals surface area (Å²) in [5.74, 6) is -1.05. The Kier molecular flexibility index (Phi) is 4.72. The molecule has 2 aromatic heterocycles. The molecule has 0 fully saturated rings. The number of rotatable bonds is 6. The number of ketones is 1. The summed E-state index contributed by atoms with van der Waals surface area (Å²) in [6.07, 6.45) is -1.14. The number of amides is 2. The van der Waals surface area contributed by atoms with Gasteiger partial charge in [0, 0.05) is 23.7 Å². The minimum Gasteiger partial charge on any atom is -0.458 e. The maximum atomic E-state index is 12.7. The van der Waals surface area contributed by atoms with E-state index in [4.69, 9.17) is 4.42 Å². The average Bonchev–Trinajstić information content (AvgIpc) is 3.49. The van der Waals surface area contributed by atoms with E-state index >= 15 is 0 Å². The molecule has 5 rings (SSSR count). The maximum absolute atomic E-state index is 12.7. The lowest BCUT2D eigenvalue weighted by Crippen LogP contribution is -2.31. The first kappa shape index (κ1) is 19.3. The third kappa shape index (κ3) is 3.35. The average molecular weight is 432 g/mol. The quantitative estimate of drug-likeness (QED) is 0.369. The van der Waals surface area contributed by atoms with Crippen molar-refractivity contribution in [2.75, 3.05) is 6.54 Å². The van der Waals surface area contributed by atoms with Crippen LogP contribution in [0.1, 0.15) is 48.1 Å². The molecule has 1 atom stereocenters. The first-order chi connectivity index (χ1) is 15.0. The first-order valence-electron chi connectivity index (χ1n) is 9.63. The molecule has 1 unspecified atom stereocenters. The number of carbonyl (C=O) groups excluding carboxylic acids is 3. The minimum atomic E-state index is -1.46. The number of aromatic nitrogens is 1. The Bertz CT molecular complexity index is 1270. The summed E-state index contributed by atoms with van der Waals surface area (Å²) in [4.78, 5) is 43.0. The second-order valence-corrected chi connectivity index (χ2v) is 8.01. The summed E-state index contributed by atoms with van der Waals surface area (Å²) in [5, 5.41) is 13.1. The Morgan fingerprint density at radius 1 is 1.06 bits per heavy atom. The number of para-hydroxylation sites is 1. The van der Waals surface area contributed by atoms with Crippen molar-refractivity contribution in [1.82, 2.24) is 9.88 Å². The molecule has 8 heteroatoms. The molecular weight excluding hydrogens is 416 g/mol. The molecule has 1 aliphatic rings. The number of furan rings is 1. The number of carbonyl (C=O) groups is 3. The number of aliphatic hydroxyl groups is 1. The van der Waals surface area contributed by atoms with Crippen LogP contribution in [0.2, 0.25) is 0 Å². The van der Waals surface area contributed by atoms with Gasteiger partial charge in [0.2, 0.25) is 5.78 Å². The Hall–Kier alpha value is -3.62. The largest absolute Gasteiger partial charge is 0.458 e. The molecule has 2 aromatic carbocycles. The van der Waals surface area contributed by atoms with E-state index in [2.05, 4.69) is 4.98 Å². The number of fused-ring (bicyclic) bond motifs is 2. The molecule has 0 bridgehead atoms. The zero-order valence-corrected chi connectivity index (χ0v) is 17.0. The summed E-state index contributed by atoms with van der Waals surface area (Å²) in [7, 11) is 0. The van der Waals surface area contributed by atoms with E-state index in [0.29, 0.717) is 28.8 Å². The van der Waals surface area contributed by atoms with Gasteiger partial charge < -0.3 is 9.52 Å². The lowest BCUT2D eigenvalue weighted by Gasteiger charge is -2.12. The highest BCUT2D eigenvalue weighted by molar-refractivity contribution is 7.11. The standard InChI is InChI=1S/C23H16N2O5S/c26-19(18-11-13-5-1-4-8-17(13)30-18)20(27)21-24-14(12-31-21)9-10-25-22(28)15-6-2-3-7-16(15)23(25)29/h1-8,11-12,19,26H,9-10H2. The van der Waals surface area contributed by atoms with Gasteiger partial charge in [0.05, 0.1) is 16.8 Å². The van der Waals surface area contributed by atoms with Gasteiger partial charge in [-0.15, -0.1) is 11.3 Å². The third-order valence-corrected chi connectivity index (χ3v) is 6.10. The number of nitrogens with zero attached hydrogens (tertiary/aromatic N) is 2. The van der Waals surface area contributed by atoms with Crippen LogP contribution >= 0.6 is 11.3 Å². The smallest absolute Gasteiger partial charge is 0.261 e. The van der Waals surface area contributed by atoms with E-state index in [1.54, 1.807) is 41.8 Å². The molecule has 2 amide bonds. The number of aliphatic hydroxyl groups excluding tert-OH is 1. The molecule has 4 aromatic rings. The highest BCUT2D eigenvalue weighted by Gasteiger charge is 2.34. The fraction of sp³-hybridized carbons (Fsp3) is 0.130. The number of hydrogen-bond acceptors (Lipinski definition) is 7. The molecule has 0 saturated carbocycles. The van der Waals surface area contributed by atoms with Crippen LogP contribution in [0.15, 0.2) is 64.4 Å². The molecule has 1 aliphatic heterocycles. The van der Waals surface area contributed by atoms with Crippen LogP contribution in [0, 0.1) is 0 Å². The highest BCUT2D eigenvalue weighted by atomic mass is 32.1. The second-order valence-electron chi connectivity index (χ2n) is 7.15. The van der Waals surface area contributed by atoms with Gasteiger partial charge in [0.25, 0.3) is 11.8 Å². The summed E-state index contributed by atoms with van der Waals surface area (Å²) in [6.45, 7) is 0.163. The highest BCUT2D eigenvalue weighted by Crippen LogP contribution is 2.27. The van der Waals surface area contributed by atoms with Crippen LogP contribution < -0.4 is 0 Å². The molecular formula is C23H16N2O5S. The molecule has 0 spiro atoms. The van der Waals surface area contributed by atoms with Crippen molar-refractivity contribution in [1.29, 1.82) is 0 Å². The summed E-state index contributed by atoms with van der Waals surface area (Å²) >= 11 is 1.11. The minimum absolute atomic E-state index is 0.144. The lowest BCUT2D eigenvalue weighted by atomic mass is 10.1. The van der Waals surface area contributed by atoms with E-state index in [-0.39, 0.29) is 29.1 Å². The Morgan fingerprint density at radius 2 is 1.74 bits per heavy atom. The normalized spacial score (nSPS) is 14.3. The number of thiazole rings is 1. The second kappa shape index (κ2) is 7.57. The van der Waals surface area contributed by atoms with Crippen molar-refractivity contribution < 1.29 is 23.9 Å². The summed E-state index contributed by atoms with van der Waals surface area (Å²) < 4.78 is 5.57. The van der Waals surface area contributed by atoms with Gasteiger partial charge >= 0.3 is 0 Å². The lowest BCUT2D eigenvalue weighted by molar-refractivity contribution is 0.0653. The van der Waals surface area contributed by atoms with Crippen LogP contribution in [0.3, 0.4) is 0 Å². The van der Waals surface area contributed by atoms with Crippen LogP contribution in [-0.4, -0.2) is 39.1 Å². The van der Waals surface area contributed by atoms with Gasteiger partial charge in [-0.2, -0.15) is 0 Å². The van der Waals surface area contributed by atoms with Gasteiger partial charge in [-0.1, -0.05) is 30.3 Å². The molecule has 0 aliphatic carbocycles. The number of Topliss-reactive ketones (excluding diaryl/α,β-unsaturated/α-hetero) is 1. The topological polar surface area (TPSA) is 101 Å². The fourth-order valence-electron chi connectivity index (χ4n) is 3.59. The van der Waals surface area contributed by atoms with E-state index in [1.807, 2.05) is 18.2 Å². The van der Waals surface area contributed by atoms with Gasteiger partial charge in [-0.05, 0) is 24.3 Å². The van der Waals surface area contributed by atoms with Gasteiger partial charge in [0.15, 0.2) is 11.1 Å². The molecule has 7 nitrogen and oxygen atoms in total. The van der Waals surface area contributed by atoms with Crippen molar-refractivity contribution in [3.05, 3.63) is 87.6 Å². The third-order valence-electron chi connectivity index (χ3n) is 5.19. The first-order valence-corrected chi connectivity index (χ1v) is 10.5. The number of benzene rings is 2. The maximum Gasteiger partial charge on any atom is 0.261 e. The molecule has 3 heterocycles. The van der Waals surface area contributed by atoms with Gasteiger partial charge in [0.1, 0.15) is 11.3 Å². The van der Waals surface area contributed by atoms with Crippen LogP contribution in [0.5, 0.6) is 0 Å².